The molecule has 3 rings (SSSR count). The van der Waals surface area contributed by atoms with Gasteiger partial charge in [0.2, 0.25) is 0 Å². The van der Waals surface area contributed by atoms with Crippen LogP contribution in [0.2, 0.25) is 0 Å². The van der Waals surface area contributed by atoms with Gasteiger partial charge >= 0.3 is 0 Å². The summed E-state index contributed by atoms with van der Waals surface area (Å²) in [6.07, 6.45) is 0. The average Bonchev–Trinajstić information content (AvgIpc) is 2.96. The van der Waals surface area contributed by atoms with Crippen molar-refractivity contribution in [1.82, 2.24) is 10.2 Å². The molecule has 3 nitrogen and oxygen atoms in total. The Bertz CT molecular complexity index is 700. The zero-order chi connectivity index (χ0) is 13.8. The minimum absolute atomic E-state index is 0.349. The maximum Gasteiger partial charge on any atom is 0.299 e. The summed E-state index contributed by atoms with van der Waals surface area (Å²) < 4.78 is 5.83. The fourth-order valence-corrected chi connectivity index (χ4v) is 2.61. The first kappa shape index (κ1) is 13.1. The van der Waals surface area contributed by atoms with Crippen molar-refractivity contribution in [3.05, 3.63) is 59.6 Å². The number of alkyl halides is 1. The Morgan fingerprint density at radius 2 is 1.70 bits per heavy atom. The molecular weight excluding hydrogens is 292 g/mol. The number of nitrogens with zero attached hydrogens (tertiary/aromatic N) is 2. The first-order valence-corrected chi connectivity index (χ1v) is 7.42. The molecule has 5 heteroatoms. The van der Waals surface area contributed by atoms with E-state index in [2.05, 4.69) is 10.2 Å². The van der Waals surface area contributed by atoms with E-state index in [0.29, 0.717) is 11.1 Å². The Morgan fingerprint density at radius 3 is 2.45 bits per heavy atom. The molecule has 0 unspecified atom stereocenters. The maximum absolute atomic E-state index is 5.83. The highest BCUT2D eigenvalue weighted by molar-refractivity contribution is 7.13. The molecule has 0 spiro atoms. The lowest BCUT2D eigenvalue weighted by molar-refractivity contribution is 0.475. The second-order valence-electron chi connectivity index (χ2n) is 4.06. The number of halogens is 1. The van der Waals surface area contributed by atoms with E-state index in [4.69, 9.17) is 16.3 Å². The Morgan fingerprint density at radius 1 is 0.950 bits per heavy atom. The van der Waals surface area contributed by atoms with E-state index in [0.717, 1.165) is 21.9 Å². The Balaban J connectivity index is 1.94. The van der Waals surface area contributed by atoms with Gasteiger partial charge in [0, 0.05) is 5.56 Å². The van der Waals surface area contributed by atoms with Crippen molar-refractivity contribution < 1.29 is 4.74 Å². The molecule has 0 atom stereocenters. The van der Waals surface area contributed by atoms with Crippen molar-refractivity contribution >= 4 is 22.9 Å². The molecule has 0 aliphatic heterocycles. The molecule has 2 aromatic carbocycles. The van der Waals surface area contributed by atoms with E-state index in [1.807, 2.05) is 54.6 Å². The largest absolute Gasteiger partial charge is 0.429 e. The number of aromatic nitrogens is 2. The highest BCUT2D eigenvalue weighted by Crippen LogP contribution is 2.34. The van der Waals surface area contributed by atoms with Gasteiger partial charge in [-0.2, -0.15) is 0 Å². The predicted octanol–water partition coefficient (Wildman–Crippen LogP) is 4.74. The number of hydrogen-bond acceptors (Lipinski definition) is 4. The summed E-state index contributed by atoms with van der Waals surface area (Å²) >= 11 is 7.08. The predicted molar refractivity (Wildman–Crippen MR) is 81.4 cm³/mol. The van der Waals surface area contributed by atoms with Gasteiger partial charge in [-0.15, -0.1) is 16.7 Å². The van der Waals surface area contributed by atoms with Crippen molar-refractivity contribution in [2.45, 2.75) is 5.88 Å². The van der Waals surface area contributed by atoms with E-state index < -0.39 is 0 Å². The first-order valence-electron chi connectivity index (χ1n) is 6.07. The van der Waals surface area contributed by atoms with E-state index in [1.54, 1.807) is 0 Å². The Hall–Kier alpha value is -1.91. The van der Waals surface area contributed by atoms with Crippen LogP contribution in [-0.2, 0) is 5.88 Å². The van der Waals surface area contributed by atoms with Gasteiger partial charge in [-0.05, 0) is 11.6 Å². The van der Waals surface area contributed by atoms with Crippen LogP contribution in [0.5, 0.6) is 10.9 Å². The van der Waals surface area contributed by atoms with Crippen LogP contribution < -0.4 is 4.74 Å². The van der Waals surface area contributed by atoms with Gasteiger partial charge in [0.25, 0.3) is 5.19 Å². The number of para-hydroxylation sites is 1. The zero-order valence-electron chi connectivity index (χ0n) is 10.5. The van der Waals surface area contributed by atoms with Crippen molar-refractivity contribution in [3.8, 4) is 22.1 Å². The molecule has 20 heavy (non-hydrogen) atoms. The molecule has 0 saturated carbocycles. The third kappa shape index (κ3) is 2.81. The van der Waals surface area contributed by atoms with Gasteiger partial charge in [-0.1, -0.05) is 65.0 Å². The SMILES string of the molecule is ClCc1nnc(Oc2ccccc2-c2ccccc2)s1. The number of hydrogen-bond donors (Lipinski definition) is 0. The van der Waals surface area contributed by atoms with Crippen LogP contribution in [0.3, 0.4) is 0 Å². The van der Waals surface area contributed by atoms with Gasteiger partial charge in [-0.3, -0.25) is 0 Å². The Kier molecular flexibility index (Phi) is 3.95. The third-order valence-corrected chi connectivity index (χ3v) is 3.94. The number of benzene rings is 2. The molecule has 1 aromatic heterocycles. The molecule has 0 saturated heterocycles. The van der Waals surface area contributed by atoms with Gasteiger partial charge in [0.05, 0.1) is 5.88 Å². The maximum atomic E-state index is 5.83. The van der Waals surface area contributed by atoms with Gasteiger partial charge in [-0.25, -0.2) is 0 Å². The zero-order valence-corrected chi connectivity index (χ0v) is 12.1. The monoisotopic (exact) mass is 302 g/mol. The fourth-order valence-electron chi connectivity index (χ4n) is 1.84. The Labute approximate surface area is 125 Å². The highest BCUT2D eigenvalue weighted by Gasteiger charge is 2.10. The molecule has 100 valence electrons. The molecule has 0 aliphatic rings. The third-order valence-electron chi connectivity index (χ3n) is 2.73. The van der Waals surface area contributed by atoms with Gasteiger partial charge in [0.15, 0.2) is 0 Å². The standard InChI is InChI=1S/C15H11ClN2OS/c16-10-14-17-18-15(20-14)19-13-9-5-4-8-12(13)11-6-2-1-3-7-11/h1-9H,10H2. The van der Waals surface area contributed by atoms with Crippen LogP contribution in [0.4, 0.5) is 0 Å². The molecule has 0 aliphatic carbocycles. The molecule has 0 bridgehead atoms. The molecule has 0 amide bonds. The minimum Gasteiger partial charge on any atom is -0.429 e. The fraction of sp³-hybridized carbons (Fsp3) is 0.0667. The smallest absolute Gasteiger partial charge is 0.299 e. The van der Waals surface area contributed by atoms with E-state index >= 15 is 0 Å². The van der Waals surface area contributed by atoms with E-state index in [9.17, 15) is 0 Å². The molecule has 1 heterocycles. The summed E-state index contributed by atoms with van der Waals surface area (Å²) in [6, 6.07) is 18.0. The molecule has 0 fully saturated rings. The van der Waals surface area contributed by atoms with Gasteiger partial charge < -0.3 is 4.74 Å². The lowest BCUT2D eigenvalue weighted by Crippen LogP contribution is -1.87. The van der Waals surface area contributed by atoms with E-state index in [1.165, 1.54) is 11.3 Å². The summed E-state index contributed by atoms with van der Waals surface area (Å²) in [5, 5.41) is 9.18. The minimum atomic E-state index is 0.349. The van der Waals surface area contributed by atoms with Crippen molar-refractivity contribution in [1.29, 1.82) is 0 Å². The average molecular weight is 303 g/mol. The normalized spacial score (nSPS) is 10.4. The van der Waals surface area contributed by atoms with Crippen LogP contribution in [0.15, 0.2) is 54.6 Å². The molecule has 0 N–H and O–H groups in total. The van der Waals surface area contributed by atoms with Crippen molar-refractivity contribution in [3.63, 3.8) is 0 Å². The molecular formula is C15H11ClN2OS. The summed E-state index contributed by atoms with van der Waals surface area (Å²) in [5.41, 5.74) is 2.13. The molecule has 3 aromatic rings. The van der Waals surface area contributed by atoms with Gasteiger partial charge in [0.1, 0.15) is 10.8 Å². The second-order valence-corrected chi connectivity index (χ2v) is 5.35. The summed E-state index contributed by atoms with van der Waals surface area (Å²) in [6.45, 7) is 0. The first-order chi connectivity index (χ1) is 9.86. The lowest BCUT2D eigenvalue weighted by atomic mass is 10.1. The number of rotatable bonds is 4. The molecule has 0 radical (unpaired) electrons. The quantitative estimate of drug-likeness (QED) is 0.653. The summed E-state index contributed by atoms with van der Waals surface area (Å²) in [4.78, 5) is 0. The van der Waals surface area contributed by atoms with Crippen LogP contribution in [0.25, 0.3) is 11.1 Å². The summed E-state index contributed by atoms with van der Waals surface area (Å²) in [5.74, 6) is 1.11. The van der Waals surface area contributed by atoms with Crippen molar-refractivity contribution in [2.24, 2.45) is 0 Å². The second kappa shape index (κ2) is 6.03. The van der Waals surface area contributed by atoms with Crippen molar-refractivity contribution in [2.75, 3.05) is 0 Å². The topological polar surface area (TPSA) is 35.0 Å². The lowest BCUT2D eigenvalue weighted by Gasteiger charge is -2.08. The highest BCUT2D eigenvalue weighted by atomic mass is 35.5. The van der Waals surface area contributed by atoms with Crippen LogP contribution in [0.1, 0.15) is 5.01 Å². The summed E-state index contributed by atoms with van der Waals surface area (Å²) in [7, 11) is 0. The van der Waals surface area contributed by atoms with Crippen LogP contribution in [0, 0.1) is 0 Å². The van der Waals surface area contributed by atoms with Crippen LogP contribution in [-0.4, -0.2) is 10.2 Å². The number of ether oxygens (including phenoxy) is 1. The van der Waals surface area contributed by atoms with E-state index in [-0.39, 0.29) is 0 Å². The van der Waals surface area contributed by atoms with Crippen LogP contribution >= 0.6 is 22.9 Å².